The van der Waals surface area contributed by atoms with Crippen LogP contribution in [0.1, 0.15) is 149 Å². The topological polar surface area (TPSA) is 83.5 Å². The van der Waals surface area contributed by atoms with E-state index in [-0.39, 0.29) is 30.4 Å². The van der Waals surface area contributed by atoms with Gasteiger partial charge in [-0.05, 0) is 86.6 Å². The fourth-order valence-corrected chi connectivity index (χ4v) is 20.3. The zero-order chi connectivity index (χ0) is 36.1. The molecule has 2 aliphatic heterocycles. The molecule has 47 heavy (non-hydrogen) atoms. The average molecular weight is 701 g/mol. The molecule has 0 aromatic heterocycles. The van der Waals surface area contributed by atoms with Crippen molar-refractivity contribution < 1.29 is 33.0 Å². The molecule has 2 fully saturated rings. The zero-order valence-electron chi connectivity index (χ0n) is 33.4. The summed E-state index contributed by atoms with van der Waals surface area (Å²) in [6, 6.07) is 0. The van der Waals surface area contributed by atoms with E-state index in [0.29, 0.717) is 59.1 Å². The molecule has 0 amide bonds. The van der Waals surface area contributed by atoms with Gasteiger partial charge in [-0.1, -0.05) is 83.1 Å². The molecule has 9 heteroatoms. The number of esters is 1. The van der Waals surface area contributed by atoms with Gasteiger partial charge in [-0.3, -0.25) is 4.79 Å². The van der Waals surface area contributed by atoms with Gasteiger partial charge in [0.2, 0.25) is 8.32 Å². The van der Waals surface area contributed by atoms with Crippen LogP contribution < -0.4 is 0 Å². The second-order valence-electron chi connectivity index (χ2n) is 18.0. The maximum atomic E-state index is 12.3. The molecule has 7 nitrogen and oxygen atoms in total. The lowest BCUT2D eigenvalue weighted by molar-refractivity contribution is -0.281. The van der Waals surface area contributed by atoms with Crippen molar-refractivity contribution in [2.45, 2.75) is 219 Å². The Labute approximate surface area is 292 Å². The maximum Gasteiger partial charge on any atom is 0.311 e. The van der Waals surface area contributed by atoms with Crippen LogP contribution in [0.5, 0.6) is 0 Å². The van der Waals surface area contributed by atoms with Gasteiger partial charge in [0, 0.05) is 19.4 Å². The number of carbonyl (C=O) groups excluding carboxylic acids is 1. The van der Waals surface area contributed by atoms with Gasteiger partial charge in [-0.25, -0.2) is 0 Å². The van der Waals surface area contributed by atoms with E-state index in [1.165, 1.54) is 0 Å². The summed E-state index contributed by atoms with van der Waals surface area (Å²) in [7, 11) is -4.14. The molecule has 278 valence electrons. The van der Waals surface area contributed by atoms with Crippen LogP contribution in [0, 0.1) is 5.41 Å². The quantitative estimate of drug-likeness (QED) is 0.0919. The standard InChI is InChI=1S/C38H76O7Si2/c1-25(2)46(26(3)4,27(5)6)42-22-17-19-31-23-33(45-47(28(7)8,29(9)10)30(11)12)35-32(43-31)24-34(39)38(16,44-35)20-18-21-41-36(40)37(13,14)15/h25-35,39H,17-24H2,1-16H3/t31-,32-,33+,34+,35-,38-/m1/s1. The monoisotopic (exact) mass is 701 g/mol. The van der Waals surface area contributed by atoms with Gasteiger partial charge >= 0.3 is 5.97 Å². The van der Waals surface area contributed by atoms with Crippen molar-refractivity contribution in [3.8, 4) is 0 Å². The molecule has 2 aliphatic rings. The van der Waals surface area contributed by atoms with Crippen LogP contribution in [-0.4, -0.2) is 77.0 Å². The smallest absolute Gasteiger partial charge is 0.311 e. The number of hydrogen-bond donors (Lipinski definition) is 1. The first-order valence-corrected chi connectivity index (χ1v) is 23.3. The molecule has 0 unspecified atom stereocenters. The summed E-state index contributed by atoms with van der Waals surface area (Å²) in [5.74, 6) is -0.207. The van der Waals surface area contributed by atoms with E-state index in [1.807, 2.05) is 27.7 Å². The minimum atomic E-state index is -2.22. The Morgan fingerprint density at radius 2 is 1.32 bits per heavy atom. The zero-order valence-corrected chi connectivity index (χ0v) is 35.4. The second-order valence-corrected chi connectivity index (χ2v) is 28.8. The number of aliphatic hydroxyl groups excluding tert-OH is 1. The molecule has 0 radical (unpaired) electrons. The Morgan fingerprint density at radius 1 is 0.809 bits per heavy atom. The minimum absolute atomic E-state index is 0.0354. The first-order chi connectivity index (χ1) is 21.6. The summed E-state index contributed by atoms with van der Waals surface area (Å²) in [6.07, 6.45) is 3.16. The minimum Gasteiger partial charge on any atom is -0.465 e. The lowest BCUT2D eigenvalue weighted by atomic mass is 9.81. The second kappa shape index (κ2) is 17.3. The molecule has 2 saturated heterocycles. The van der Waals surface area contributed by atoms with Crippen LogP contribution >= 0.6 is 0 Å². The third-order valence-corrected chi connectivity index (χ3v) is 23.9. The van der Waals surface area contributed by atoms with Crippen LogP contribution in [-0.2, 0) is 27.9 Å². The third kappa shape index (κ3) is 9.94. The van der Waals surface area contributed by atoms with Crippen molar-refractivity contribution in [3.63, 3.8) is 0 Å². The Bertz CT molecular complexity index is 917. The van der Waals surface area contributed by atoms with Crippen molar-refractivity contribution in [3.05, 3.63) is 0 Å². The van der Waals surface area contributed by atoms with Crippen LogP contribution in [0.2, 0.25) is 33.2 Å². The highest BCUT2D eigenvalue weighted by Gasteiger charge is 2.55. The van der Waals surface area contributed by atoms with Gasteiger partial charge in [0.15, 0.2) is 8.32 Å². The number of ether oxygens (including phenoxy) is 3. The summed E-state index contributed by atoms with van der Waals surface area (Å²) in [4.78, 5) is 12.3. The van der Waals surface area contributed by atoms with E-state index in [2.05, 4.69) is 83.1 Å². The molecule has 6 atom stereocenters. The maximum absolute atomic E-state index is 12.3. The molecule has 0 aliphatic carbocycles. The number of aliphatic hydroxyl groups is 1. The van der Waals surface area contributed by atoms with Crippen LogP contribution in [0.3, 0.4) is 0 Å². The fourth-order valence-electron chi connectivity index (χ4n) is 9.27. The van der Waals surface area contributed by atoms with Crippen molar-refractivity contribution >= 4 is 22.6 Å². The van der Waals surface area contributed by atoms with E-state index in [0.717, 1.165) is 25.9 Å². The van der Waals surface area contributed by atoms with Gasteiger partial charge in [-0.15, -0.1) is 0 Å². The predicted octanol–water partition coefficient (Wildman–Crippen LogP) is 9.95. The van der Waals surface area contributed by atoms with Crippen molar-refractivity contribution in [2.75, 3.05) is 13.2 Å². The molecular weight excluding hydrogens is 625 g/mol. The number of carbonyl (C=O) groups is 1. The molecule has 1 N–H and O–H groups in total. The molecule has 2 rings (SSSR count). The Morgan fingerprint density at radius 3 is 1.79 bits per heavy atom. The summed E-state index contributed by atoms with van der Waals surface area (Å²) in [5.41, 5.74) is 1.75. The van der Waals surface area contributed by atoms with Gasteiger partial charge in [0.05, 0.1) is 42.0 Å². The van der Waals surface area contributed by atoms with Gasteiger partial charge in [0.1, 0.15) is 6.10 Å². The van der Waals surface area contributed by atoms with Crippen LogP contribution in [0.15, 0.2) is 0 Å². The number of fused-ring (bicyclic) bond motifs is 1. The average Bonchev–Trinajstić information content (AvgIpc) is 2.93. The number of hydrogen-bond acceptors (Lipinski definition) is 7. The lowest BCUT2D eigenvalue weighted by Crippen LogP contribution is -2.64. The first kappa shape index (κ1) is 42.9. The van der Waals surface area contributed by atoms with Gasteiger partial charge < -0.3 is 28.2 Å². The Balaban J connectivity index is 2.27. The lowest BCUT2D eigenvalue weighted by Gasteiger charge is -2.54. The van der Waals surface area contributed by atoms with E-state index < -0.39 is 33.8 Å². The molecular formula is C38H76O7Si2. The van der Waals surface area contributed by atoms with Gasteiger partial charge in [0.25, 0.3) is 0 Å². The van der Waals surface area contributed by atoms with Gasteiger partial charge in [-0.2, -0.15) is 0 Å². The molecule has 0 bridgehead atoms. The fraction of sp³-hybridized carbons (Fsp3) is 0.974. The normalized spacial score (nSPS) is 27.9. The number of rotatable bonds is 17. The molecule has 0 aromatic carbocycles. The summed E-state index contributed by atoms with van der Waals surface area (Å²) >= 11 is 0. The van der Waals surface area contributed by atoms with Crippen molar-refractivity contribution in [2.24, 2.45) is 5.41 Å². The van der Waals surface area contributed by atoms with Crippen LogP contribution in [0.25, 0.3) is 0 Å². The summed E-state index contributed by atoms with van der Waals surface area (Å²) < 4.78 is 33.7. The first-order valence-electron chi connectivity index (χ1n) is 19.1. The SMILES string of the molecule is CC(C)[Si](OCCC[C@@H]1C[C@H](O[Si](C(C)C)(C(C)C)C(C)C)[C@@H]2O[C@](C)(CCCOC(=O)C(C)(C)C)[C@@H](O)C[C@H]2O1)(C(C)C)C(C)C. The molecule has 2 heterocycles. The van der Waals surface area contributed by atoms with Crippen molar-refractivity contribution in [1.29, 1.82) is 0 Å². The Hall–Kier alpha value is -0.296. The Kier molecular flexibility index (Phi) is 15.8. The summed E-state index contributed by atoms with van der Waals surface area (Å²) in [6.45, 7) is 36.7. The van der Waals surface area contributed by atoms with E-state index in [1.54, 1.807) is 0 Å². The summed E-state index contributed by atoms with van der Waals surface area (Å²) in [5, 5.41) is 11.5. The van der Waals surface area contributed by atoms with E-state index in [9.17, 15) is 9.90 Å². The largest absolute Gasteiger partial charge is 0.465 e. The van der Waals surface area contributed by atoms with Crippen LogP contribution in [0.4, 0.5) is 0 Å². The van der Waals surface area contributed by atoms with E-state index >= 15 is 0 Å². The highest BCUT2D eigenvalue weighted by molar-refractivity contribution is 6.78. The predicted molar refractivity (Wildman–Crippen MR) is 199 cm³/mol. The van der Waals surface area contributed by atoms with Crippen molar-refractivity contribution in [1.82, 2.24) is 0 Å². The van der Waals surface area contributed by atoms with E-state index in [4.69, 9.17) is 23.1 Å². The third-order valence-electron chi connectivity index (χ3n) is 11.6. The highest BCUT2D eigenvalue weighted by Crippen LogP contribution is 2.48. The molecule has 0 saturated carbocycles. The molecule has 0 spiro atoms. The molecule has 0 aromatic rings. The highest BCUT2D eigenvalue weighted by atomic mass is 28.4.